The van der Waals surface area contributed by atoms with Crippen LogP contribution in [0.5, 0.6) is 0 Å². The summed E-state index contributed by atoms with van der Waals surface area (Å²) in [6.45, 7) is 0. The van der Waals surface area contributed by atoms with E-state index in [1.807, 2.05) is 48.5 Å². The molecule has 0 unspecified atom stereocenters. The molecule has 0 bridgehead atoms. The molecule has 0 saturated carbocycles. The first-order chi connectivity index (χ1) is 12.2. The summed E-state index contributed by atoms with van der Waals surface area (Å²) in [4.78, 5) is 15.9. The molecule has 2 heterocycles. The van der Waals surface area contributed by atoms with Crippen LogP contribution in [0.2, 0.25) is 0 Å². The second kappa shape index (κ2) is 7.23. The zero-order chi connectivity index (χ0) is 17.6. The van der Waals surface area contributed by atoms with Gasteiger partial charge in [0.15, 0.2) is 0 Å². The van der Waals surface area contributed by atoms with Crippen LogP contribution in [0, 0.1) is 11.3 Å². The molecule has 1 amide bonds. The highest BCUT2D eigenvalue weighted by Crippen LogP contribution is 2.25. The average Bonchev–Trinajstić information content (AvgIpc) is 3.11. The van der Waals surface area contributed by atoms with Gasteiger partial charge in [0.05, 0.1) is 5.69 Å². The number of hydrogen-bond acceptors (Lipinski definition) is 4. The molecule has 3 aromatic rings. The maximum absolute atomic E-state index is 11.8. The molecule has 0 radical (unpaired) electrons. The van der Waals surface area contributed by atoms with Crippen molar-refractivity contribution in [2.75, 3.05) is 7.05 Å². The summed E-state index contributed by atoms with van der Waals surface area (Å²) in [6.07, 6.45) is 6.69. The van der Waals surface area contributed by atoms with Gasteiger partial charge < -0.3 is 5.32 Å². The third-order valence-electron chi connectivity index (χ3n) is 3.61. The summed E-state index contributed by atoms with van der Waals surface area (Å²) < 4.78 is 1.72. The number of hydrogen-bond donors (Lipinski definition) is 1. The average molecular weight is 329 g/mol. The van der Waals surface area contributed by atoms with Gasteiger partial charge in [0.25, 0.3) is 5.91 Å². The Morgan fingerprint density at radius 3 is 2.56 bits per heavy atom. The molecular weight excluding hydrogens is 314 g/mol. The molecule has 6 heteroatoms. The van der Waals surface area contributed by atoms with E-state index in [-0.39, 0.29) is 5.57 Å². The molecule has 0 spiro atoms. The first-order valence-corrected chi connectivity index (χ1v) is 7.62. The van der Waals surface area contributed by atoms with Gasteiger partial charge in [-0.3, -0.25) is 9.78 Å². The molecule has 122 valence electrons. The van der Waals surface area contributed by atoms with Crippen molar-refractivity contribution in [2.45, 2.75) is 0 Å². The van der Waals surface area contributed by atoms with Gasteiger partial charge in [0.1, 0.15) is 17.3 Å². The van der Waals surface area contributed by atoms with Gasteiger partial charge in [-0.05, 0) is 30.3 Å². The van der Waals surface area contributed by atoms with Crippen LogP contribution in [0.25, 0.3) is 23.0 Å². The van der Waals surface area contributed by atoms with E-state index in [9.17, 15) is 10.1 Å². The summed E-state index contributed by atoms with van der Waals surface area (Å²) in [5, 5.41) is 16.4. The Labute approximate surface area is 145 Å². The topological polar surface area (TPSA) is 83.6 Å². The minimum Gasteiger partial charge on any atom is -0.354 e. The molecular formula is C19H15N5O. The van der Waals surface area contributed by atoms with Gasteiger partial charge in [0.2, 0.25) is 0 Å². The van der Waals surface area contributed by atoms with E-state index in [4.69, 9.17) is 0 Å². The molecule has 3 rings (SSSR count). The quantitative estimate of drug-likeness (QED) is 0.589. The predicted octanol–water partition coefficient (Wildman–Crippen LogP) is 2.59. The third-order valence-corrected chi connectivity index (χ3v) is 3.61. The van der Waals surface area contributed by atoms with Crippen LogP contribution in [0.3, 0.4) is 0 Å². The molecule has 2 aromatic heterocycles. The maximum Gasteiger partial charge on any atom is 0.261 e. The highest BCUT2D eigenvalue weighted by atomic mass is 16.1. The molecule has 0 fully saturated rings. The Morgan fingerprint density at radius 2 is 1.92 bits per heavy atom. The lowest BCUT2D eigenvalue weighted by atomic mass is 10.1. The lowest BCUT2D eigenvalue weighted by Crippen LogP contribution is -2.19. The van der Waals surface area contributed by atoms with E-state index in [1.165, 1.54) is 7.05 Å². The van der Waals surface area contributed by atoms with Gasteiger partial charge in [-0.25, -0.2) is 4.68 Å². The lowest BCUT2D eigenvalue weighted by Gasteiger charge is -2.00. The fourth-order valence-electron chi connectivity index (χ4n) is 2.38. The smallest absolute Gasteiger partial charge is 0.261 e. The van der Waals surface area contributed by atoms with Crippen molar-refractivity contribution in [2.24, 2.45) is 0 Å². The number of benzene rings is 1. The molecule has 0 aliphatic rings. The van der Waals surface area contributed by atoms with Crippen LogP contribution in [0.15, 0.2) is 66.6 Å². The largest absolute Gasteiger partial charge is 0.354 e. The van der Waals surface area contributed by atoms with E-state index >= 15 is 0 Å². The number of rotatable bonds is 4. The number of pyridine rings is 1. The first kappa shape index (κ1) is 16.1. The molecule has 0 atom stereocenters. The number of carbonyl (C=O) groups excluding carboxylic acids is 1. The molecule has 0 aliphatic heterocycles. The van der Waals surface area contributed by atoms with Gasteiger partial charge in [-0.15, -0.1) is 0 Å². The highest BCUT2D eigenvalue weighted by molar-refractivity contribution is 6.02. The van der Waals surface area contributed by atoms with E-state index < -0.39 is 5.91 Å². The van der Waals surface area contributed by atoms with Crippen LogP contribution < -0.4 is 5.32 Å². The van der Waals surface area contributed by atoms with E-state index in [0.29, 0.717) is 11.3 Å². The number of carbonyl (C=O) groups is 1. The van der Waals surface area contributed by atoms with Gasteiger partial charge in [0, 0.05) is 36.8 Å². The summed E-state index contributed by atoms with van der Waals surface area (Å²) in [5.74, 6) is -0.435. The fraction of sp³-hybridized carbons (Fsp3) is 0.0526. The van der Waals surface area contributed by atoms with Crippen LogP contribution in [-0.2, 0) is 4.79 Å². The monoisotopic (exact) mass is 329 g/mol. The molecule has 6 nitrogen and oxygen atoms in total. The van der Waals surface area contributed by atoms with Crippen molar-refractivity contribution in [3.8, 4) is 23.0 Å². The highest BCUT2D eigenvalue weighted by Gasteiger charge is 2.14. The Balaban J connectivity index is 2.16. The molecule has 0 saturated heterocycles. The summed E-state index contributed by atoms with van der Waals surface area (Å²) in [6, 6.07) is 15.2. The standard InChI is InChI=1S/C19H15N5O/c1-21-19(25)15(12-20)11-16-13-24(17-5-3-2-4-6-17)23-18(16)14-7-9-22-10-8-14/h2-11,13H,1H3,(H,21,25). The molecule has 0 aliphatic carbocycles. The Hall–Kier alpha value is -3.72. The van der Waals surface area contributed by atoms with Crippen molar-refractivity contribution in [3.63, 3.8) is 0 Å². The van der Waals surface area contributed by atoms with Gasteiger partial charge in [-0.1, -0.05) is 18.2 Å². The normalized spacial score (nSPS) is 11.0. The van der Waals surface area contributed by atoms with Crippen molar-refractivity contribution in [1.82, 2.24) is 20.1 Å². The Bertz CT molecular complexity index is 952. The number of para-hydroxylation sites is 1. The van der Waals surface area contributed by atoms with E-state index in [2.05, 4.69) is 15.4 Å². The second-order valence-electron chi connectivity index (χ2n) is 5.20. The lowest BCUT2D eigenvalue weighted by molar-refractivity contribution is -0.116. The predicted molar refractivity (Wildman–Crippen MR) is 94.5 cm³/mol. The number of aromatic nitrogens is 3. The molecule has 25 heavy (non-hydrogen) atoms. The number of nitriles is 1. The molecule has 1 aromatic carbocycles. The number of nitrogens with zero attached hydrogens (tertiary/aromatic N) is 4. The third kappa shape index (κ3) is 3.46. The van der Waals surface area contributed by atoms with E-state index in [0.717, 1.165) is 11.3 Å². The minimum absolute atomic E-state index is 0.0189. The van der Waals surface area contributed by atoms with Gasteiger partial charge >= 0.3 is 0 Å². The Morgan fingerprint density at radius 1 is 1.20 bits per heavy atom. The van der Waals surface area contributed by atoms with Crippen molar-refractivity contribution in [3.05, 3.63) is 72.2 Å². The summed E-state index contributed by atoms with van der Waals surface area (Å²) >= 11 is 0. The number of amides is 1. The molecule has 1 N–H and O–H groups in total. The fourth-order valence-corrected chi connectivity index (χ4v) is 2.38. The number of likely N-dealkylation sites (N-methyl/N-ethyl adjacent to an activating group) is 1. The van der Waals surface area contributed by atoms with Crippen molar-refractivity contribution >= 4 is 12.0 Å². The van der Waals surface area contributed by atoms with Gasteiger partial charge in [-0.2, -0.15) is 10.4 Å². The Kier molecular flexibility index (Phi) is 4.67. The zero-order valence-electron chi connectivity index (χ0n) is 13.5. The minimum atomic E-state index is -0.435. The summed E-state index contributed by atoms with van der Waals surface area (Å²) in [7, 11) is 1.49. The van der Waals surface area contributed by atoms with E-state index in [1.54, 1.807) is 29.3 Å². The maximum atomic E-state index is 11.8. The zero-order valence-corrected chi connectivity index (χ0v) is 13.5. The van der Waals surface area contributed by atoms with Crippen LogP contribution in [0.1, 0.15) is 5.56 Å². The van der Waals surface area contributed by atoms with Crippen LogP contribution in [-0.4, -0.2) is 27.7 Å². The second-order valence-corrected chi connectivity index (χ2v) is 5.20. The van der Waals surface area contributed by atoms with Crippen LogP contribution in [0.4, 0.5) is 0 Å². The first-order valence-electron chi connectivity index (χ1n) is 7.62. The SMILES string of the molecule is CNC(=O)C(C#N)=Cc1cn(-c2ccccc2)nc1-c1ccncc1. The van der Waals surface area contributed by atoms with Crippen molar-refractivity contribution < 1.29 is 4.79 Å². The number of nitrogens with one attached hydrogen (secondary N) is 1. The summed E-state index contributed by atoms with van der Waals surface area (Å²) in [5.41, 5.74) is 3.10. The van der Waals surface area contributed by atoms with Crippen molar-refractivity contribution in [1.29, 1.82) is 5.26 Å². The van der Waals surface area contributed by atoms with Crippen LogP contribution >= 0.6 is 0 Å².